The van der Waals surface area contributed by atoms with Gasteiger partial charge in [0.2, 0.25) is 0 Å². The number of hydrogen-bond donors (Lipinski definition) is 4. The zero-order valence-electron chi connectivity index (χ0n) is 14.4. The third kappa shape index (κ3) is 3.40. The normalized spacial score (nSPS) is 19.8. The minimum atomic E-state index is -0.392. The third-order valence-corrected chi connectivity index (χ3v) is 5.08. The van der Waals surface area contributed by atoms with Gasteiger partial charge in [0.05, 0.1) is 36.2 Å². The molecule has 0 aliphatic heterocycles. The van der Waals surface area contributed by atoms with Crippen LogP contribution in [0, 0.1) is 16.7 Å². The summed E-state index contributed by atoms with van der Waals surface area (Å²) >= 11 is 0. The Balaban J connectivity index is 0.000000152. The van der Waals surface area contributed by atoms with Gasteiger partial charge in [0, 0.05) is 5.56 Å². The summed E-state index contributed by atoms with van der Waals surface area (Å²) in [6.45, 7) is -0.244. The van der Waals surface area contributed by atoms with Crippen LogP contribution in [0.1, 0.15) is 58.4 Å². The van der Waals surface area contributed by atoms with E-state index < -0.39 is 6.10 Å². The third-order valence-electron chi connectivity index (χ3n) is 5.08. The molecule has 2 aromatic carbocycles. The number of benzene rings is 2. The van der Waals surface area contributed by atoms with Crippen LogP contribution in [0.4, 0.5) is 0 Å². The van der Waals surface area contributed by atoms with Crippen LogP contribution in [0.15, 0.2) is 36.4 Å². The zero-order chi connectivity index (χ0) is 18.7. The SMILES string of the molecule is N#Cc1cccc2c1CC[C@@H]2O.N=C(CO)c1cccc2c1CC[C@@H]2O. The van der Waals surface area contributed by atoms with E-state index in [-0.39, 0.29) is 18.4 Å². The largest absolute Gasteiger partial charge is 0.390 e. The fourth-order valence-electron chi connectivity index (χ4n) is 3.74. The summed E-state index contributed by atoms with van der Waals surface area (Å²) in [7, 11) is 0. The Kier molecular flexibility index (Phi) is 5.48. The summed E-state index contributed by atoms with van der Waals surface area (Å²) in [4.78, 5) is 0. The molecule has 134 valence electrons. The fraction of sp³-hybridized carbons (Fsp3) is 0.333. The predicted octanol–water partition coefficient (Wildman–Crippen LogP) is 2.56. The smallest absolute Gasteiger partial charge is 0.0994 e. The van der Waals surface area contributed by atoms with E-state index in [1.807, 2.05) is 30.3 Å². The minimum absolute atomic E-state index is 0.232. The molecule has 0 bridgehead atoms. The van der Waals surface area contributed by atoms with Crippen LogP contribution in [-0.4, -0.2) is 27.6 Å². The first-order valence-electron chi connectivity index (χ1n) is 8.75. The maximum Gasteiger partial charge on any atom is 0.0994 e. The second-order valence-corrected chi connectivity index (χ2v) is 6.60. The molecule has 0 fully saturated rings. The second kappa shape index (κ2) is 7.79. The number of hydrogen-bond acceptors (Lipinski definition) is 5. The average Bonchev–Trinajstić information content (AvgIpc) is 3.25. The molecule has 0 amide bonds. The maximum absolute atomic E-state index is 9.63. The van der Waals surface area contributed by atoms with E-state index in [1.54, 1.807) is 6.07 Å². The van der Waals surface area contributed by atoms with E-state index in [1.165, 1.54) is 0 Å². The van der Waals surface area contributed by atoms with Crippen molar-refractivity contribution in [2.24, 2.45) is 0 Å². The molecule has 26 heavy (non-hydrogen) atoms. The summed E-state index contributed by atoms with van der Waals surface area (Å²) in [5, 5.41) is 44.4. The first kappa shape index (κ1) is 18.3. The van der Waals surface area contributed by atoms with Crippen molar-refractivity contribution in [3.8, 4) is 6.07 Å². The standard InChI is InChI=1S/C11H13NO2.C10H9NO/c12-10(6-13)8-2-1-3-9-7(8)4-5-11(9)14;11-6-7-2-1-3-9-8(7)4-5-10(9)12/h1-3,11-14H,4-6H2;1-3,10,12H,4-5H2/t11-;10-/m00/s1. The molecule has 0 unspecified atom stereocenters. The highest BCUT2D eigenvalue weighted by Crippen LogP contribution is 2.33. The predicted molar refractivity (Wildman–Crippen MR) is 98.1 cm³/mol. The number of nitrogens with zero attached hydrogens (tertiary/aromatic N) is 1. The lowest BCUT2D eigenvalue weighted by atomic mass is 9.99. The van der Waals surface area contributed by atoms with Gasteiger partial charge < -0.3 is 20.7 Å². The quantitative estimate of drug-likeness (QED) is 0.624. The van der Waals surface area contributed by atoms with Gasteiger partial charge in [0.1, 0.15) is 0 Å². The molecule has 2 atom stereocenters. The molecule has 4 N–H and O–H groups in total. The van der Waals surface area contributed by atoms with Gasteiger partial charge in [-0.25, -0.2) is 0 Å². The lowest BCUT2D eigenvalue weighted by molar-refractivity contribution is 0.179. The van der Waals surface area contributed by atoms with Crippen LogP contribution < -0.4 is 0 Å². The number of aliphatic hydroxyl groups excluding tert-OH is 3. The number of fused-ring (bicyclic) bond motifs is 2. The summed E-state index contributed by atoms with van der Waals surface area (Å²) in [5.74, 6) is 0. The highest BCUT2D eigenvalue weighted by molar-refractivity contribution is 6.00. The molecule has 2 aromatic rings. The van der Waals surface area contributed by atoms with Gasteiger partial charge in [-0.15, -0.1) is 0 Å². The van der Waals surface area contributed by atoms with Gasteiger partial charge in [-0.3, -0.25) is 0 Å². The monoisotopic (exact) mass is 350 g/mol. The highest BCUT2D eigenvalue weighted by atomic mass is 16.3. The lowest BCUT2D eigenvalue weighted by Gasteiger charge is -2.08. The Morgan fingerprint density at radius 2 is 1.58 bits per heavy atom. The van der Waals surface area contributed by atoms with Gasteiger partial charge in [-0.05, 0) is 54.0 Å². The zero-order valence-corrected chi connectivity index (χ0v) is 14.4. The Morgan fingerprint density at radius 1 is 1.00 bits per heavy atom. The molecule has 0 saturated heterocycles. The Bertz CT molecular complexity index is 870. The van der Waals surface area contributed by atoms with E-state index in [4.69, 9.17) is 15.8 Å². The van der Waals surface area contributed by atoms with Crippen molar-refractivity contribution in [1.29, 1.82) is 10.7 Å². The van der Waals surface area contributed by atoms with Gasteiger partial charge in [0.25, 0.3) is 0 Å². The van der Waals surface area contributed by atoms with E-state index in [0.717, 1.165) is 53.5 Å². The van der Waals surface area contributed by atoms with Crippen LogP contribution in [0.2, 0.25) is 0 Å². The van der Waals surface area contributed by atoms with Crippen LogP contribution >= 0.6 is 0 Å². The van der Waals surface area contributed by atoms with Crippen molar-refractivity contribution in [3.05, 3.63) is 69.8 Å². The molecular formula is C21H22N2O3. The molecule has 4 rings (SSSR count). The van der Waals surface area contributed by atoms with E-state index >= 15 is 0 Å². The second-order valence-electron chi connectivity index (χ2n) is 6.60. The first-order chi connectivity index (χ1) is 12.6. The Labute approximate surface area is 152 Å². The van der Waals surface area contributed by atoms with Gasteiger partial charge in [-0.2, -0.15) is 5.26 Å². The Hall–Kier alpha value is -2.52. The van der Waals surface area contributed by atoms with E-state index in [9.17, 15) is 10.2 Å². The van der Waals surface area contributed by atoms with Crippen molar-refractivity contribution >= 4 is 5.71 Å². The average molecular weight is 350 g/mol. The summed E-state index contributed by atoms with van der Waals surface area (Å²) in [6, 6.07) is 13.2. The number of nitriles is 1. The number of aliphatic hydroxyl groups is 3. The van der Waals surface area contributed by atoms with Crippen molar-refractivity contribution in [3.63, 3.8) is 0 Å². The van der Waals surface area contributed by atoms with Gasteiger partial charge in [0.15, 0.2) is 0 Å². The molecule has 0 saturated carbocycles. The minimum Gasteiger partial charge on any atom is -0.390 e. The molecule has 0 spiro atoms. The Morgan fingerprint density at radius 3 is 2.19 bits per heavy atom. The van der Waals surface area contributed by atoms with Crippen molar-refractivity contribution in [2.45, 2.75) is 37.9 Å². The van der Waals surface area contributed by atoms with Crippen LogP contribution in [0.5, 0.6) is 0 Å². The topological polar surface area (TPSA) is 108 Å². The van der Waals surface area contributed by atoms with Crippen molar-refractivity contribution < 1.29 is 15.3 Å². The van der Waals surface area contributed by atoms with Crippen molar-refractivity contribution in [2.75, 3.05) is 6.61 Å². The molecular weight excluding hydrogens is 328 g/mol. The lowest BCUT2D eigenvalue weighted by Crippen LogP contribution is -2.08. The van der Waals surface area contributed by atoms with Crippen LogP contribution in [0.25, 0.3) is 0 Å². The summed E-state index contributed by atoms with van der Waals surface area (Å²) in [6.07, 6.45) is 2.37. The number of nitrogens with one attached hydrogen (secondary N) is 1. The highest BCUT2D eigenvalue weighted by Gasteiger charge is 2.23. The molecule has 0 heterocycles. The van der Waals surface area contributed by atoms with Crippen LogP contribution in [0.3, 0.4) is 0 Å². The molecule has 2 aliphatic rings. The molecule has 0 radical (unpaired) electrons. The maximum atomic E-state index is 9.63. The molecule has 0 aromatic heterocycles. The summed E-state index contributed by atoms with van der Waals surface area (Å²) in [5.41, 5.74) is 5.64. The molecule has 2 aliphatic carbocycles. The van der Waals surface area contributed by atoms with Gasteiger partial charge >= 0.3 is 0 Å². The first-order valence-corrected chi connectivity index (χ1v) is 8.75. The van der Waals surface area contributed by atoms with Crippen LogP contribution in [-0.2, 0) is 12.8 Å². The fourth-order valence-corrected chi connectivity index (χ4v) is 3.74. The van der Waals surface area contributed by atoms with Crippen molar-refractivity contribution in [1.82, 2.24) is 0 Å². The van der Waals surface area contributed by atoms with Gasteiger partial charge in [-0.1, -0.05) is 30.3 Å². The molecule has 5 nitrogen and oxygen atoms in total. The number of rotatable bonds is 2. The van der Waals surface area contributed by atoms with E-state index in [2.05, 4.69) is 6.07 Å². The van der Waals surface area contributed by atoms with E-state index in [0.29, 0.717) is 5.56 Å². The summed E-state index contributed by atoms with van der Waals surface area (Å²) < 4.78 is 0. The molecule has 5 heteroatoms.